The number of rotatable bonds is 6. The van der Waals surface area contributed by atoms with Crippen LogP contribution in [-0.2, 0) is 13.1 Å². The molecule has 4 rings (SSSR count). The molecule has 33 heavy (non-hydrogen) atoms. The topological polar surface area (TPSA) is 102 Å². The van der Waals surface area contributed by atoms with Gasteiger partial charge < -0.3 is 14.6 Å². The number of hydrogen-bond acceptors (Lipinski definition) is 6. The first kappa shape index (κ1) is 22.5. The molecule has 2 aliphatic heterocycles. The van der Waals surface area contributed by atoms with Gasteiger partial charge in [-0.15, -0.1) is 13.2 Å². The number of aromatic amines is 1. The van der Waals surface area contributed by atoms with E-state index in [9.17, 15) is 22.8 Å². The largest absolute Gasteiger partial charge is 0.573 e. The van der Waals surface area contributed by atoms with E-state index in [1.807, 2.05) is 26.0 Å². The lowest BCUT2D eigenvalue weighted by Crippen LogP contribution is -2.30. The molecule has 2 N–H and O–H groups in total. The van der Waals surface area contributed by atoms with Crippen LogP contribution in [0.5, 0.6) is 5.75 Å². The van der Waals surface area contributed by atoms with E-state index in [-0.39, 0.29) is 23.8 Å². The summed E-state index contributed by atoms with van der Waals surface area (Å²) >= 11 is 0. The van der Waals surface area contributed by atoms with Gasteiger partial charge in [-0.3, -0.25) is 9.78 Å². The zero-order valence-corrected chi connectivity index (χ0v) is 17.8. The zero-order valence-electron chi connectivity index (χ0n) is 17.8. The second-order valence-corrected chi connectivity index (χ2v) is 7.60. The monoisotopic (exact) mass is 459 g/mol. The Morgan fingerprint density at radius 3 is 2.61 bits per heavy atom. The van der Waals surface area contributed by atoms with E-state index in [1.165, 1.54) is 18.2 Å². The van der Waals surface area contributed by atoms with Crippen LogP contribution in [0, 0.1) is 13.8 Å². The second-order valence-electron chi connectivity index (χ2n) is 7.60. The molecule has 0 unspecified atom stereocenters. The van der Waals surface area contributed by atoms with Gasteiger partial charge in [0.1, 0.15) is 5.75 Å². The molecule has 8 nitrogen and oxygen atoms in total. The molecule has 11 heteroatoms. The van der Waals surface area contributed by atoms with Crippen molar-refractivity contribution in [1.82, 2.24) is 24.8 Å². The van der Waals surface area contributed by atoms with Crippen molar-refractivity contribution in [2.45, 2.75) is 33.3 Å². The van der Waals surface area contributed by atoms with Crippen molar-refractivity contribution in [3.8, 4) is 17.3 Å². The number of ether oxygens (including phenoxy) is 1. The molecule has 2 heterocycles. The van der Waals surface area contributed by atoms with Crippen LogP contribution < -0.4 is 21.3 Å². The maximum Gasteiger partial charge on any atom is 0.573 e. The molecule has 2 aromatic carbocycles. The summed E-state index contributed by atoms with van der Waals surface area (Å²) in [5, 5.41) is 3.15. The summed E-state index contributed by atoms with van der Waals surface area (Å²) in [5.74, 6) is -0.124. The van der Waals surface area contributed by atoms with Crippen LogP contribution in [0.2, 0.25) is 0 Å². The summed E-state index contributed by atoms with van der Waals surface area (Å²) in [7, 11) is 0. The second kappa shape index (κ2) is 8.66. The number of fused-ring (bicyclic) bond motifs is 2. The van der Waals surface area contributed by atoms with E-state index in [0.29, 0.717) is 29.7 Å². The van der Waals surface area contributed by atoms with Crippen LogP contribution in [0.1, 0.15) is 16.7 Å². The highest BCUT2D eigenvalue weighted by atomic mass is 19.4. The Hall–Kier alpha value is -3.73. The molecule has 0 aliphatic carbocycles. The Balaban J connectivity index is 1.59. The Morgan fingerprint density at radius 2 is 1.85 bits per heavy atom. The highest BCUT2D eigenvalue weighted by Crippen LogP contribution is 2.24. The van der Waals surface area contributed by atoms with Crippen LogP contribution in [-0.4, -0.2) is 32.4 Å². The zero-order chi connectivity index (χ0) is 23.8. The van der Waals surface area contributed by atoms with Crippen LogP contribution in [0.15, 0.2) is 46.0 Å². The fourth-order valence-corrected chi connectivity index (χ4v) is 3.55. The van der Waals surface area contributed by atoms with E-state index >= 15 is 0 Å². The van der Waals surface area contributed by atoms with Gasteiger partial charge in [0.15, 0.2) is 11.5 Å². The Bertz CT molecular complexity index is 1410. The number of aromatic nitrogens is 4. The number of benzene rings is 2. The van der Waals surface area contributed by atoms with Crippen LogP contribution in [0.4, 0.5) is 13.2 Å². The minimum Gasteiger partial charge on any atom is -0.406 e. The molecule has 2 aliphatic rings. The number of halogens is 3. The van der Waals surface area contributed by atoms with Crippen LogP contribution in [0.25, 0.3) is 22.6 Å². The van der Waals surface area contributed by atoms with Crippen LogP contribution >= 0.6 is 0 Å². The van der Waals surface area contributed by atoms with Crippen molar-refractivity contribution in [1.29, 1.82) is 0 Å². The van der Waals surface area contributed by atoms with E-state index in [4.69, 9.17) is 0 Å². The molecule has 172 valence electrons. The Morgan fingerprint density at radius 1 is 1.09 bits per heavy atom. The SMILES string of the molecule is Cc1cc2nc3c(=O)[nH]c(=O)nc-3n(CCNCc3cccc(OC(F)(F)F)c3)c2cc1C. The number of hydrogen-bond donors (Lipinski definition) is 2. The van der Waals surface area contributed by atoms with E-state index < -0.39 is 17.6 Å². The standard InChI is InChI=1S/C22H20F3N5O3/c1-12-8-16-17(9-13(12)2)30(19-18(27-16)20(31)29-21(32)28-19)7-6-26-11-14-4-3-5-15(10-14)33-22(23,24)25/h3-5,8-10,26H,6-7,11H2,1-2H3,(H,29,31,32). The van der Waals surface area contributed by atoms with Crippen molar-refractivity contribution in [3.05, 3.63) is 73.9 Å². The predicted molar refractivity (Wildman–Crippen MR) is 115 cm³/mol. The summed E-state index contributed by atoms with van der Waals surface area (Å²) in [6.07, 6.45) is -4.76. The number of alkyl halides is 3. The molecule has 0 amide bonds. The minimum atomic E-state index is -4.76. The molecule has 0 fully saturated rings. The molecular weight excluding hydrogens is 439 g/mol. The van der Waals surface area contributed by atoms with Gasteiger partial charge in [0.05, 0.1) is 11.0 Å². The van der Waals surface area contributed by atoms with Gasteiger partial charge in [0.2, 0.25) is 0 Å². The molecule has 0 atom stereocenters. The normalized spacial score (nSPS) is 11.9. The quantitative estimate of drug-likeness (QED) is 0.340. The minimum absolute atomic E-state index is 0.0577. The third-order valence-corrected chi connectivity index (χ3v) is 5.20. The number of nitrogens with one attached hydrogen (secondary N) is 2. The summed E-state index contributed by atoms with van der Waals surface area (Å²) in [5.41, 5.74) is 2.60. The highest BCUT2D eigenvalue weighted by Gasteiger charge is 2.31. The predicted octanol–water partition coefficient (Wildman–Crippen LogP) is 2.89. The Labute approximate surface area is 185 Å². The molecule has 0 bridgehead atoms. The number of aryl methyl sites for hydroxylation is 2. The summed E-state index contributed by atoms with van der Waals surface area (Å²) in [6, 6.07) is 9.48. The van der Waals surface area contributed by atoms with Crippen molar-refractivity contribution >= 4 is 11.0 Å². The van der Waals surface area contributed by atoms with Gasteiger partial charge in [0, 0.05) is 19.6 Å². The van der Waals surface area contributed by atoms with Gasteiger partial charge in [0.25, 0.3) is 5.56 Å². The lowest BCUT2D eigenvalue weighted by Gasteiger charge is -2.18. The average Bonchev–Trinajstić information content (AvgIpc) is 2.71. The molecule has 0 saturated heterocycles. The molecule has 0 saturated carbocycles. The third-order valence-electron chi connectivity index (χ3n) is 5.20. The van der Waals surface area contributed by atoms with E-state index in [2.05, 4.69) is 25.0 Å². The smallest absolute Gasteiger partial charge is 0.406 e. The van der Waals surface area contributed by atoms with Gasteiger partial charge >= 0.3 is 12.1 Å². The number of H-pyrrole nitrogens is 1. The maximum atomic E-state index is 12.4. The summed E-state index contributed by atoms with van der Waals surface area (Å²) < 4.78 is 43.0. The first-order valence-electron chi connectivity index (χ1n) is 10.1. The van der Waals surface area contributed by atoms with Crippen molar-refractivity contribution in [3.63, 3.8) is 0 Å². The lowest BCUT2D eigenvalue weighted by atomic mass is 10.1. The van der Waals surface area contributed by atoms with Gasteiger partial charge in [-0.05, 0) is 54.8 Å². The molecule has 0 radical (unpaired) electrons. The van der Waals surface area contributed by atoms with Crippen molar-refractivity contribution < 1.29 is 17.9 Å². The molecular formula is C22H20F3N5O3. The average molecular weight is 459 g/mol. The lowest BCUT2D eigenvalue weighted by molar-refractivity contribution is -0.274. The third kappa shape index (κ3) is 5.03. The van der Waals surface area contributed by atoms with E-state index in [0.717, 1.165) is 11.1 Å². The molecule has 0 aromatic heterocycles. The fourth-order valence-electron chi connectivity index (χ4n) is 3.55. The van der Waals surface area contributed by atoms with Gasteiger partial charge in [-0.25, -0.2) is 9.78 Å². The Kier molecular flexibility index (Phi) is 5.90. The first-order chi connectivity index (χ1) is 15.6. The van der Waals surface area contributed by atoms with Gasteiger partial charge in [-0.2, -0.15) is 4.98 Å². The van der Waals surface area contributed by atoms with Crippen molar-refractivity contribution in [2.75, 3.05) is 6.54 Å². The van der Waals surface area contributed by atoms with Crippen LogP contribution in [0.3, 0.4) is 0 Å². The molecule has 2 aromatic rings. The first-order valence-corrected chi connectivity index (χ1v) is 10.1. The highest BCUT2D eigenvalue weighted by molar-refractivity contribution is 5.81. The van der Waals surface area contributed by atoms with Crippen molar-refractivity contribution in [2.24, 2.45) is 0 Å². The number of nitrogens with zero attached hydrogens (tertiary/aromatic N) is 3. The summed E-state index contributed by atoms with van der Waals surface area (Å²) in [4.78, 5) is 34.7. The maximum absolute atomic E-state index is 12.4. The van der Waals surface area contributed by atoms with Gasteiger partial charge in [-0.1, -0.05) is 12.1 Å². The van der Waals surface area contributed by atoms with E-state index in [1.54, 1.807) is 10.6 Å². The molecule has 0 spiro atoms. The summed E-state index contributed by atoms with van der Waals surface area (Å²) in [6.45, 7) is 4.90. The fraction of sp³-hybridized carbons (Fsp3) is 0.273.